The Bertz CT molecular complexity index is 1850. The zero-order valence-corrected chi connectivity index (χ0v) is 26.7. The van der Waals surface area contributed by atoms with Crippen molar-refractivity contribution in [3.05, 3.63) is 119 Å². The number of aromatic nitrogens is 3. The van der Waals surface area contributed by atoms with Crippen molar-refractivity contribution in [3.63, 3.8) is 0 Å². The van der Waals surface area contributed by atoms with Gasteiger partial charge >= 0.3 is 13.3 Å². The van der Waals surface area contributed by atoms with Crippen LogP contribution in [0.4, 0.5) is 22.1 Å². The fourth-order valence-electron chi connectivity index (χ4n) is 6.73. The van der Waals surface area contributed by atoms with Crippen molar-refractivity contribution in [2.45, 2.75) is 65.0 Å². The van der Waals surface area contributed by atoms with Crippen LogP contribution in [0.1, 0.15) is 48.7 Å². The number of imidazole rings is 1. The number of rotatable bonds is 4. The van der Waals surface area contributed by atoms with Crippen LogP contribution in [-0.2, 0) is 43.4 Å². The lowest BCUT2D eigenvalue weighted by Gasteiger charge is -2.28. The first kappa shape index (κ1) is 32.2. The molecule has 0 saturated heterocycles. The quantitative estimate of drug-likeness (QED) is 0.112. The van der Waals surface area contributed by atoms with Gasteiger partial charge in [-0.1, -0.05) is 66.7 Å². The number of fused-ring (bicyclic) bond motifs is 6. The maximum Gasteiger partial charge on any atom is 0.673 e. The van der Waals surface area contributed by atoms with Gasteiger partial charge in [0.15, 0.2) is 6.54 Å². The normalized spacial score (nSPS) is 13.3. The number of aryl methyl sites for hydroxylation is 3. The van der Waals surface area contributed by atoms with Crippen LogP contribution in [0.15, 0.2) is 91.4 Å². The van der Waals surface area contributed by atoms with E-state index < -0.39 is 18.9 Å². The Hall–Kier alpha value is -4.73. The summed E-state index contributed by atoms with van der Waals surface area (Å²) in [6, 6.07) is 28.7. The smallest absolute Gasteiger partial charge is 0.443 e. The minimum Gasteiger partial charge on any atom is -0.443 e. The number of nitrogens with zero attached hydrogens (tertiary/aromatic N) is 3. The highest BCUT2D eigenvalue weighted by Gasteiger charge is 2.37. The molecule has 10 heteroatoms. The van der Waals surface area contributed by atoms with Crippen LogP contribution >= 0.6 is 0 Å². The van der Waals surface area contributed by atoms with E-state index in [0.717, 1.165) is 37.9 Å². The van der Waals surface area contributed by atoms with Crippen molar-refractivity contribution >= 4 is 13.3 Å². The minimum atomic E-state index is -6.00. The average Bonchev–Trinajstić information content (AvgIpc) is 3.51. The lowest BCUT2D eigenvalue weighted by Crippen LogP contribution is -2.44. The fraction of sp³-hybridized carbons (Fsp3) is 0.270. The Morgan fingerprint density at radius 1 is 0.809 bits per heavy atom. The summed E-state index contributed by atoms with van der Waals surface area (Å²) in [5.74, 6) is 0. The van der Waals surface area contributed by atoms with E-state index in [1.54, 1.807) is 6.33 Å². The molecule has 0 aliphatic heterocycles. The van der Waals surface area contributed by atoms with Gasteiger partial charge in [-0.15, -0.1) is 0 Å². The molecule has 0 N–H and O–H groups in total. The molecule has 0 unspecified atom stereocenters. The van der Waals surface area contributed by atoms with E-state index in [4.69, 9.17) is 4.74 Å². The van der Waals surface area contributed by atoms with Crippen molar-refractivity contribution < 1.29 is 31.4 Å². The second-order valence-corrected chi connectivity index (χ2v) is 12.9. The van der Waals surface area contributed by atoms with Crippen LogP contribution < -0.4 is 4.57 Å². The van der Waals surface area contributed by atoms with Crippen LogP contribution in [-0.4, -0.2) is 28.5 Å². The third-order valence-corrected chi connectivity index (χ3v) is 8.44. The molecular weight excluding hydrogens is 605 g/mol. The molecule has 0 amide bonds. The molecule has 2 heterocycles. The van der Waals surface area contributed by atoms with Crippen LogP contribution in [0.2, 0.25) is 0 Å². The van der Waals surface area contributed by atoms with Gasteiger partial charge in [0.1, 0.15) is 11.9 Å². The number of hydrogen-bond acceptors (Lipinski definition) is 3. The first-order valence-corrected chi connectivity index (χ1v) is 15.8. The molecule has 5 nitrogen and oxygen atoms in total. The third kappa shape index (κ3) is 7.16. The molecule has 0 spiro atoms. The summed E-state index contributed by atoms with van der Waals surface area (Å²) in [5.41, 5.74) is 14.0. The van der Waals surface area contributed by atoms with E-state index in [-0.39, 0.29) is 0 Å². The second kappa shape index (κ2) is 12.8. The number of hydrogen-bond donors (Lipinski definition) is 0. The van der Waals surface area contributed by atoms with Gasteiger partial charge in [0.2, 0.25) is 11.4 Å². The molecule has 0 atom stereocenters. The number of carbonyl (C=O) groups excluding carboxylic acids is 1. The van der Waals surface area contributed by atoms with Crippen molar-refractivity contribution in [2.75, 3.05) is 0 Å². The molecule has 0 radical (unpaired) electrons. The van der Waals surface area contributed by atoms with E-state index in [9.17, 15) is 22.1 Å². The SMILES string of the molecule is CC(C)(C)OC(=O)n1cnc(CC[n+]2c3c(c(-c4ccccc4)c4c2-c2ccccc2CC4)CCc2ccccc2-3)c1.F[B-](F)(F)F. The number of pyridine rings is 1. The van der Waals surface area contributed by atoms with Gasteiger partial charge in [-0.3, -0.25) is 0 Å². The van der Waals surface area contributed by atoms with E-state index >= 15 is 0 Å². The maximum absolute atomic E-state index is 12.7. The zero-order valence-electron chi connectivity index (χ0n) is 26.7. The Morgan fingerprint density at radius 3 is 1.85 bits per heavy atom. The molecule has 5 aromatic rings. The summed E-state index contributed by atoms with van der Waals surface area (Å²) in [4.78, 5) is 17.3. The highest BCUT2D eigenvalue weighted by Crippen LogP contribution is 2.44. The van der Waals surface area contributed by atoms with Gasteiger partial charge in [0, 0.05) is 34.0 Å². The molecule has 0 fully saturated rings. The minimum absolute atomic E-state index is 0.404. The lowest BCUT2D eigenvalue weighted by molar-refractivity contribution is -0.675. The molecule has 2 aliphatic carbocycles. The lowest BCUT2D eigenvalue weighted by atomic mass is 9.77. The maximum atomic E-state index is 12.7. The molecule has 0 saturated carbocycles. The Balaban J connectivity index is 0.000000720. The average molecular weight is 642 g/mol. The Kier molecular flexibility index (Phi) is 8.79. The highest BCUT2D eigenvalue weighted by molar-refractivity contribution is 6.50. The summed E-state index contributed by atoms with van der Waals surface area (Å²) in [5, 5.41) is 0. The summed E-state index contributed by atoms with van der Waals surface area (Å²) in [7, 11) is -6.00. The van der Waals surface area contributed by atoms with Gasteiger partial charge in [0.25, 0.3) is 0 Å². The van der Waals surface area contributed by atoms with Crippen LogP contribution in [0.25, 0.3) is 33.6 Å². The molecule has 242 valence electrons. The van der Waals surface area contributed by atoms with E-state index in [1.807, 2.05) is 27.0 Å². The highest BCUT2D eigenvalue weighted by atomic mass is 19.5. The topological polar surface area (TPSA) is 48.0 Å². The van der Waals surface area contributed by atoms with Gasteiger partial charge in [0.05, 0.1) is 12.1 Å². The van der Waals surface area contributed by atoms with E-state index in [2.05, 4.69) is 88.4 Å². The largest absolute Gasteiger partial charge is 0.673 e. The number of carbonyl (C=O) groups is 1. The number of ether oxygens (including phenoxy) is 1. The predicted octanol–water partition coefficient (Wildman–Crippen LogP) is 8.69. The van der Waals surface area contributed by atoms with E-state index in [0.29, 0.717) is 6.42 Å². The number of halogens is 4. The molecule has 0 bridgehead atoms. The Labute approximate surface area is 272 Å². The van der Waals surface area contributed by atoms with Crippen LogP contribution in [0, 0.1) is 0 Å². The zero-order chi connectivity index (χ0) is 33.3. The van der Waals surface area contributed by atoms with Gasteiger partial charge in [-0.25, -0.2) is 14.3 Å². The summed E-state index contributed by atoms with van der Waals surface area (Å²) >= 11 is 0. The predicted molar refractivity (Wildman–Crippen MR) is 176 cm³/mol. The molecular formula is C37H36BF4N3O2. The molecule has 47 heavy (non-hydrogen) atoms. The first-order valence-electron chi connectivity index (χ1n) is 15.8. The fourth-order valence-corrected chi connectivity index (χ4v) is 6.73. The third-order valence-electron chi connectivity index (χ3n) is 8.44. The molecule has 7 rings (SSSR count). The van der Waals surface area contributed by atoms with Gasteiger partial charge in [-0.2, -0.15) is 4.57 Å². The molecule has 2 aromatic heterocycles. The standard InChI is InChI=1S/C37H36N3O2.BF4/c1-37(2,3)42-36(41)39-23-28(38-24-39)21-22-40-34-29-15-9-7-11-25(29)17-19-31(34)33(27-13-5-4-6-14-27)32-20-18-26-12-8-10-16-30(26)35(32)40;2-1(3,4)5/h4-16,23-24H,17-22H2,1-3H3;/q+1;-1. The van der Waals surface area contributed by atoms with Crippen LogP contribution in [0.3, 0.4) is 0 Å². The van der Waals surface area contributed by atoms with Crippen molar-refractivity contribution in [1.29, 1.82) is 0 Å². The second-order valence-electron chi connectivity index (χ2n) is 12.9. The molecule has 2 aliphatic rings. The van der Waals surface area contributed by atoms with E-state index in [1.165, 1.54) is 60.5 Å². The monoisotopic (exact) mass is 641 g/mol. The summed E-state index contributed by atoms with van der Waals surface area (Å²) in [6.45, 7) is 6.38. The van der Waals surface area contributed by atoms with Gasteiger partial charge < -0.3 is 22.0 Å². The molecule has 3 aromatic carbocycles. The van der Waals surface area contributed by atoms with Crippen molar-refractivity contribution in [2.24, 2.45) is 0 Å². The summed E-state index contributed by atoms with van der Waals surface area (Å²) in [6.07, 6.45) is 7.79. The van der Waals surface area contributed by atoms with Crippen molar-refractivity contribution in [3.8, 4) is 33.6 Å². The Morgan fingerprint density at radius 2 is 1.32 bits per heavy atom. The summed E-state index contributed by atoms with van der Waals surface area (Å²) < 4.78 is 48.6. The van der Waals surface area contributed by atoms with Crippen molar-refractivity contribution in [1.82, 2.24) is 9.55 Å². The van der Waals surface area contributed by atoms with Gasteiger partial charge in [-0.05, 0) is 75.3 Å². The van der Waals surface area contributed by atoms with Crippen LogP contribution in [0.5, 0.6) is 0 Å². The first-order chi connectivity index (χ1) is 22.4. The number of benzene rings is 3.